The maximum Gasteiger partial charge on any atom is 0.0417 e. The molecule has 0 heterocycles. The summed E-state index contributed by atoms with van der Waals surface area (Å²) in [6, 6.07) is 0. The van der Waals surface area contributed by atoms with Gasteiger partial charge >= 0.3 is 0 Å². The van der Waals surface area contributed by atoms with Gasteiger partial charge in [-0.15, -0.1) is 0 Å². The van der Waals surface area contributed by atoms with Gasteiger partial charge in [-0.1, -0.05) is 0 Å². The van der Waals surface area contributed by atoms with Gasteiger partial charge in [-0.3, -0.25) is 4.99 Å². The smallest absolute Gasteiger partial charge is 0.0417 e. The maximum atomic E-state index is 3.48. The molecule has 40 valence electrons. The molecule has 0 aromatic heterocycles. The molecule has 0 spiro atoms. The third kappa shape index (κ3) is 5.21. The van der Waals surface area contributed by atoms with Gasteiger partial charge in [0.1, 0.15) is 0 Å². The van der Waals surface area contributed by atoms with Crippen LogP contribution < -0.4 is 5.32 Å². The molecule has 0 saturated carbocycles. The average molecular weight is 98.1 g/mol. The lowest BCUT2D eigenvalue weighted by atomic mass is 10.7. The molecular weight excluding hydrogens is 88.1 g/mol. The Morgan fingerprint density at radius 3 is 3.00 bits per heavy atom. The maximum absolute atomic E-state index is 3.48. The van der Waals surface area contributed by atoms with Gasteiger partial charge < -0.3 is 5.32 Å². The summed E-state index contributed by atoms with van der Waals surface area (Å²) in [6.07, 6.45) is 3.37. The summed E-state index contributed by atoms with van der Waals surface area (Å²) in [5.41, 5.74) is 0. The van der Waals surface area contributed by atoms with Gasteiger partial charge in [0.05, 0.1) is 0 Å². The van der Waals surface area contributed by atoms with E-state index in [9.17, 15) is 0 Å². The normalized spacial score (nSPS) is 9.29. The Hall–Kier alpha value is -0.790. The minimum Gasteiger partial charge on any atom is -0.390 e. The Labute approximate surface area is 44.0 Å². The highest BCUT2D eigenvalue weighted by atomic mass is 14.8. The zero-order valence-electron chi connectivity index (χ0n) is 4.52. The second-order valence-electron chi connectivity index (χ2n) is 1.06. The average Bonchev–Trinajstić information content (AvgIpc) is 1.69. The molecule has 0 rings (SSSR count). The van der Waals surface area contributed by atoms with Crippen molar-refractivity contribution < 1.29 is 0 Å². The summed E-state index contributed by atoms with van der Waals surface area (Å²) in [5, 5.41) is 2.93. The van der Waals surface area contributed by atoms with E-state index in [0.29, 0.717) is 0 Å². The number of rotatable bonds is 3. The minimum absolute atomic E-state index is 0.937. The van der Waals surface area contributed by atoms with Crippen molar-refractivity contribution in [2.45, 2.75) is 6.92 Å². The van der Waals surface area contributed by atoms with Crippen LogP contribution in [0.2, 0.25) is 0 Å². The molecular formula is C5H10N2. The molecule has 0 aliphatic carbocycles. The first-order valence-electron chi connectivity index (χ1n) is 2.26. The molecule has 0 saturated heterocycles. The number of nitrogens with zero attached hydrogens (tertiary/aromatic N) is 1. The first kappa shape index (κ1) is 6.21. The van der Waals surface area contributed by atoms with E-state index in [2.05, 4.69) is 17.0 Å². The fourth-order valence-corrected chi connectivity index (χ4v) is 0.223. The monoisotopic (exact) mass is 98.1 g/mol. The zero-order valence-corrected chi connectivity index (χ0v) is 4.52. The van der Waals surface area contributed by atoms with Crippen molar-refractivity contribution in [3.8, 4) is 0 Å². The van der Waals surface area contributed by atoms with E-state index in [1.807, 2.05) is 6.92 Å². The Bertz CT molecular complexity index is 66.5. The quantitative estimate of drug-likeness (QED) is 0.518. The van der Waals surface area contributed by atoms with Crippen LogP contribution in [0.5, 0.6) is 0 Å². The summed E-state index contributed by atoms with van der Waals surface area (Å²) in [4.78, 5) is 3.48. The van der Waals surface area contributed by atoms with E-state index < -0.39 is 0 Å². The zero-order chi connectivity index (χ0) is 5.54. The predicted molar refractivity (Wildman–Crippen MR) is 32.4 cm³/mol. The summed E-state index contributed by atoms with van der Waals surface area (Å²) in [6.45, 7) is 6.21. The highest BCUT2D eigenvalue weighted by Crippen LogP contribution is 1.63. The molecule has 0 unspecified atom stereocenters. The van der Waals surface area contributed by atoms with Gasteiger partial charge in [-0.2, -0.15) is 0 Å². The topological polar surface area (TPSA) is 24.4 Å². The molecule has 0 aliphatic heterocycles. The van der Waals surface area contributed by atoms with E-state index in [-0.39, 0.29) is 0 Å². The lowest BCUT2D eigenvalue weighted by Gasteiger charge is -1.85. The molecule has 0 atom stereocenters. The Morgan fingerprint density at radius 2 is 2.57 bits per heavy atom. The van der Waals surface area contributed by atoms with Crippen LogP contribution in [0.25, 0.3) is 0 Å². The second-order valence-corrected chi connectivity index (χ2v) is 1.06. The van der Waals surface area contributed by atoms with Gasteiger partial charge in [0.2, 0.25) is 0 Å². The van der Waals surface area contributed by atoms with Crippen LogP contribution in [-0.2, 0) is 0 Å². The van der Waals surface area contributed by atoms with Gasteiger partial charge in [0.25, 0.3) is 0 Å². The minimum atomic E-state index is 0.937. The SMILES string of the molecule is C=N/C=C\NCC. The Balaban J connectivity index is 2.92. The van der Waals surface area contributed by atoms with Crippen LogP contribution in [0.15, 0.2) is 17.4 Å². The highest BCUT2D eigenvalue weighted by molar-refractivity contribution is 5.25. The molecule has 0 aromatic rings. The van der Waals surface area contributed by atoms with Crippen molar-refractivity contribution in [3.05, 3.63) is 12.4 Å². The van der Waals surface area contributed by atoms with Gasteiger partial charge in [-0.25, -0.2) is 0 Å². The highest BCUT2D eigenvalue weighted by Gasteiger charge is 1.60. The van der Waals surface area contributed by atoms with Gasteiger partial charge in [-0.05, 0) is 13.6 Å². The van der Waals surface area contributed by atoms with Gasteiger partial charge in [0.15, 0.2) is 0 Å². The van der Waals surface area contributed by atoms with E-state index in [0.717, 1.165) is 6.54 Å². The number of hydrogen-bond donors (Lipinski definition) is 1. The molecule has 0 radical (unpaired) electrons. The summed E-state index contributed by atoms with van der Waals surface area (Å²) in [5.74, 6) is 0. The van der Waals surface area contributed by atoms with Crippen molar-refractivity contribution in [2.24, 2.45) is 4.99 Å². The molecule has 1 N–H and O–H groups in total. The molecule has 0 aliphatic rings. The van der Waals surface area contributed by atoms with E-state index >= 15 is 0 Å². The standard InChI is InChI=1S/C5H10N2/c1-3-7-5-4-6-2/h4-5,7H,2-3H2,1H3/b5-4-. The van der Waals surface area contributed by atoms with Crippen LogP contribution in [0.4, 0.5) is 0 Å². The van der Waals surface area contributed by atoms with Crippen molar-refractivity contribution in [3.63, 3.8) is 0 Å². The summed E-state index contributed by atoms with van der Waals surface area (Å²) in [7, 11) is 0. The van der Waals surface area contributed by atoms with Crippen LogP contribution >= 0.6 is 0 Å². The summed E-state index contributed by atoms with van der Waals surface area (Å²) >= 11 is 0. The van der Waals surface area contributed by atoms with Crippen LogP contribution in [0, 0.1) is 0 Å². The van der Waals surface area contributed by atoms with E-state index in [1.165, 1.54) is 0 Å². The fourth-order valence-electron chi connectivity index (χ4n) is 0.223. The Morgan fingerprint density at radius 1 is 1.86 bits per heavy atom. The number of hydrogen-bond acceptors (Lipinski definition) is 2. The molecule has 7 heavy (non-hydrogen) atoms. The van der Waals surface area contributed by atoms with Crippen molar-refractivity contribution >= 4 is 6.72 Å². The van der Waals surface area contributed by atoms with E-state index in [1.54, 1.807) is 12.4 Å². The molecule has 2 heteroatoms. The first-order valence-corrected chi connectivity index (χ1v) is 2.26. The lowest BCUT2D eigenvalue weighted by molar-refractivity contribution is 0.916. The first-order chi connectivity index (χ1) is 3.41. The molecule has 0 bridgehead atoms. The second kappa shape index (κ2) is 5.21. The summed E-state index contributed by atoms with van der Waals surface area (Å²) < 4.78 is 0. The number of aliphatic imine (C=N–C) groups is 1. The Kier molecular flexibility index (Phi) is 4.62. The molecule has 2 nitrogen and oxygen atoms in total. The predicted octanol–water partition coefficient (Wildman–Crippen LogP) is 0.768. The third-order valence-electron chi connectivity index (χ3n) is 0.502. The van der Waals surface area contributed by atoms with Crippen molar-refractivity contribution in [1.82, 2.24) is 5.32 Å². The largest absolute Gasteiger partial charge is 0.390 e. The van der Waals surface area contributed by atoms with Crippen molar-refractivity contribution in [1.29, 1.82) is 0 Å². The molecule has 0 amide bonds. The van der Waals surface area contributed by atoms with Crippen LogP contribution in [0.3, 0.4) is 0 Å². The third-order valence-corrected chi connectivity index (χ3v) is 0.502. The van der Waals surface area contributed by atoms with Crippen LogP contribution in [0.1, 0.15) is 6.92 Å². The fraction of sp³-hybridized carbons (Fsp3) is 0.400. The van der Waals surface area contributed by atoms with Crippen LogP contribution in [-0.4, -0.2) is 13.3 Å². The molecule has 0 aromatic carbocycles. The number of nitrogens with one attached hydrogen (secondary N) is 1. The molecule has 0 fully saturated rings. The van der Waals surface area contributed by atoms with E-state index in [4.69, 9.17) is 0 Å². The van der Waals surface area contributed by atoms with Gasteiger partial charge in [0, 0.05) is 18.9 Å². The lowest BCUT2D eigenvalue weighted by Crippen LogP contribution is -2.00. The van der Waals surface area contributed by atoms with Crippen molar-refractivity contribution in [2.75, 3.05) is 6.54 Å².